The Balaban J connectivity index is 1.73. The average Bonchev–Trinajstić information content (AvgIpc) is 3.24. The van der Waals surface area contributed by atoms with Crippen molar-refractivity contribution in [2.45, 2.75) is 44.1 Å². The van der Waals surface area contributed by atoms with E-state index in [1.807, 2.05) is 55.5 Å². The number of ether oxygens (including phenoxy) is 2. The van der Waals surface area contributed by atoms with Crippen molar-refractivity contribution < 1.29 is 14.3 Å². The molecule has 1 atom stereocenters. The van der Waals surface area contributed by atoms with Gasteiger partial charge in [-0.2, -0.15) is 4.98 Å². The molecule has 7 nitrogen and oxygen atoms in total. The molecule has 0 spiro atoms. The molecule has 0 fully saturated rings. The number of rotatable bonds is 9. The molecule has 0 radical (unpaired) electrons. The van der Waals surface area contributed by atoms with Crippen LogP contribution in [-0.4, -0.2) is 33.9 Å². The third kappa shape index (κ3) is 5.08. The summed E-state index contributed by atoms with van der Waals surface area (Å²) in [6, 6.07) is 14.9. The number of thioether (sulfide) groups is 1. The normalized spacial score (nSPS) is 15.0. The minimum Gasteiger partial charge on any atom is -0.493 e. The van der Waals surface area contributed by atoms with E-state index in [2.05, 4.69) is 17.2 Å². The second-order valence-corrected chi connectivity index (χ2v) is 9.07. The highest BCUT2D eigenvalue weighted by molar-refractivity contribution is 7.98. The number of esters is 1. The van der Waals surface area contributed by atoms with Crippen LogP contribution >= 0.6 is 23.4 Å². The molecule has 1 aliphatic heterocycles. The Hall–Kier alpha value is -2.97. The molecule has 0 bridgehead atoms. The largest absolute Gasteiger partial charge is 0.493 e. The molecule has 0 saturated carbocycles. The number of para-hydroxylation sites is 1. The van der Waals surface area contributed by atoms with Crippen molar-refractivity contribution in [3.05, 3.63) is 76.0 Å². The lowest BCUT2D eigenvalue weighted by Gasteiger charge is -2.29. The fourth-order valence-electron chi connectivity index (χ4n) is 3.76. The molecular weight excluding hydrogens is 472 g/mol. The smallest absolute Gasteiger partial charge is 0.338 e. The van der Waals surface area contributed by atoms with Crippen LogP contribution in [-0.2, 0) is 15.3 Å². The maximum Gasteiger partial charge on any atom is 0.338 e. The van der Waals surface area contributed by atoms with Gasteiger partial charge in [0.2, 0.25) is 11.1 Å². The number of nitrogens with one attached hydrogen (secondary N) is 1. The number of hydrogen-bond acceptors (Lipinski definition) is 7. The van der Waals surface area contributed by atoms with Crippen LogP contribution in [0.4, 0.5) is 5.95 Å². The van der Waals surface area contributed by atoms with Gasteiger partial charge >= 0.3 is 5.97 Å². The van der Waals surface area contributed by atoms with Gasteiger partial charge in [0.1, 0.15) is 11.8 Å². The number of aromatic nitrogens is 3. The molecular formula is C25H27ClN4O3S. The number of fused-ring (bicyclic) bond motifs is 1. The summed E-state index contributed by atoms with van der Waals surface area (Å²) >= 11 is 7.80. The Morgan fingerprint density at radius 2 is 1.94 bits per heavy atom. The predicted molar refractivity (Wildman–Crippen MR) is 134 cm³/mol. The second kappa shape index (κ2) is 11.0. The van der Waals surface area contributed by atoms with Crippen LogP contribution in [0.5, 0.6) is 5.75 Å². The van der Waals surface area contributed by atoms with Gasteiger partial charge in [0.15, 0.2) is 0 Å². The van der Waals surface area contributed by atoms with Gasteiger partial charge in [-0.3, -0.25) is 0 Å². The van der Waals surface area contributed by atoms with E-state index in [4.69, 9.17) is 26.2 Å². The Kier molecular flexibility index (Phi) is 7.80. The second-order valence-electron chi connectivity index (χ2n) is 7.72. The molecule has 34 heavy (non-hydrogen) atoms. The van der Waals surface area contributed by atoms with Crippen LogP contribution < -0.4 is 10.1 Å². The maximum absolute atomic E-state index is 13.0. The lowest BCUT2D eigenvalue weighted by Crippen LogP contribution is -2.30. The van der Waals surface area contributed by atoms with Crippen LogP contribution in [0.25, 0.3) is 0 Å². The number of carbonyl (C=O) groups is 1. The van der Waals surface area contributed by atoms with Crippen molar-refractivity contribution in [3.8, 4) is 5.75 Å². The standard InChI is InChI=1S/C25H27ClN4O3S/c1-4-14-33-20-13-9-7-11-18(20)22-21(23(31)32-5-2)16(3)27-24-28-25(29-30(22)24)34-15-17-10-6-8-12-19(17)26/h6-13,22H,4-5,14-15H2,1-3H3,(H,27,28,29). The molecule has 178 valence electrons. The lowest BCUT2D eigenvalue weighted by atomic mass is 9.95. The fraction of sp³-hybridized carbons (Fsp3) is 0.320. The van der Waals surface area contributed by atoms with Gasteiger partial charge in [-0.15, -0.1) is 5.10 Å². The van der Waals surface area contributed by atoms with Gasteiger partial charge in [-0.05, 0) is 38.0 Å². The summed E-state index contributed by atoms with van der Waals surface area (Å²) < 4.78 is 13.2. The topological polar surface area (TPSA) is 78.3 Å². The van der Waals surface area contributed by atoms with Crippen LogP contribution in [0.1, 0.15) is 44.4 Å². The minimum atomic E-state index is -0.537. The van der Waals surface area contributed by atoms with E-state index in [0.717, 1.165) is 17.5 Å². The Morgan fingerprint density at radius 3 is 2.71 bits per heavy atom. The van der Waals surface area contributed by atoms with E-state index in [1.54, 1.807) is 11.6 Å². The summed E-state index contributed by atoms with van der Waals surface area (Å²) in [7, 11) is 0. The molecule has 0 saturated heterocycles. The first-order valence-electron chi connectivity index (χ1n) is 11.2. The zero-order valence-electron chi connectivity index (χ0n) is 19.4. The lowest BCUT2D eigenvalue weighted by molar-refractivity contribution is -0.139. The third-order valence-corrected chi connectivity index (χ3v) is 6.57. The molecule has 4 rings (SSSR count). The monoisotopic (exact) mass is 498 g/mol. The number of nitrogens with zero attached hydrogens (tertiary/aromatic N) is 3. The van der Waals surface area contributed by atoms with Crippen LogP contribution in [0.3, 0.4) is 0 Å². The van der Waals surface area contributed by atoms with E-state index in [0.29, 0.717) is 45.5 Å². The van der Waals surface area contributed by atoms with Crippen LogP contribution in [0, 0.1) is 0 Å². The van der Waals surface area contributed by atoms with Gasteiger partial charge in [0, 0.05) is 22.0 Å². The number of halogens is 1. The molecule has 1 aromatic heterocycles. The molecule has 9 heteroatoms. The Labute approximate surface area is 208 Å². The predicted octanol–water partition coefficient (Wildman–Crippen LogP) is 5.86. The fourth-order valence-corrected chi connectivity index (χ4v) is 4.88. The van der Waals surface area contributed by atoms with Crippen molar-refractivity contribution in [2.24, 2.45) is 0 Å². The first kappa shape index (κ1) is 24.2. The number of allylic oxidation sites excluding steroid dienone is 1. The van der Waals surface area contributed by atoms with E-state index in [-0.39, 0.29) is 6.61 Å². The number of hydrogen-bond donors (Lipinski definition) is 1. The summed E-state index contributed by atoms with van der Waals surface area (Å²) in [6.07, 6.45) is 0.873. The Morgan fingerprint density at radius 1 is 1.18 bits per heavy atom. The molecule has 1 aliphatic rings. The van der Waals surface area contributed by atoms with E-state index < -0.39 is 12.0 Å². The molecule has 2 heterocycles. The number of carbonyl (C=O) groups excluding carboxylic acids is 1. The van der Waals surface area contributed by atoms with Gasteiger partial charge in [-0.1, -0.05) is 66.7 Å². The molecule has 0 amide bonds. The summed E-state index contributed by atoms with van der Waals surface area (Å²) in [6.45, 7) is 6.55. The summed E-state index contributed by atoms with van der Waals surface area (Å²) in [5.41, 5.74) is 2.99. The highest BCUT2D eigenvalue weighted by Gasteiger charge is 2.36. The van der Waals surface area contributed by atoms with Gasteiger partial charge in [0.25, 0.3) is 0 Å². The average molecular weight is 499 g/mol. The number of benzene rings is 2. The van der Waals surface area contributed by atoms with Gasteiger partial charge in [0.05, 0.1) is 18.8 Å². The van der Waals surface area contributed by atoms with Gasteiger partial charge < -0.3 is 14.8 Å². The molecule has 3 aromatic rings. The van der Waals surface area contributed by atoms with Crippen molar-refractivity contribution in [2.75, 3.05) is 18.5 Å². The van der Waals surface area contributed by atoms with E-state index >= 15 is 0 Å². The first-order chi connectivity index (χ1) is 16.5. The van der Waals surface area contributed by atoms with Crippen LogP contribution in [0.15, 0.2) is 65.0 Å². The summed E-state index contributed by atoms with van der Waals surface area (Å²) in [4.78, 5) is 17.7. The molecule has 2 aromatic carbocycles. The quantitative estimate of drug-likeness (QED) is 0.292. The minimum absolute atomic E-state index is 0.277. The van der Waals surface area contributed by atoms with Gasteiger partial charge in [-0.25, -0.2) is 9.48 Å². The first-order valence-corrected chi connectivity index (χ1v) is 12.6. The highest BCUT2D eigenvalue weighted by Crippen LogP contribution is 2.40. The Bertz CT molecular complexity index is 1210. The SMILES string of the molecule is CCCOc1ccccc1C1C(C(=O)OCC)=C(C)Nc2nc(SCc3ccccc3Cl)nn21. The molecule has 1 N–H and O–H groups in total. The zero-order valence-corrected chi connectivity index (χ0v) is 20.9. The summed E-state index contributed by atoms with van der Waals surface area (Å²) in [5, 5.41) is 9.29. The zero-order chi connectivity index (χ0) is 24.1. The van der Waals surface area contributed by atoms with E-state index in [1.165, 1.54) is 11.8 Å². The molecule has 0 aliphatic carbocycles. The van der Waals surface area contributed by atoms with Crippen molar-refractivity contribution in [1.29, 1.82) is 0 Å². The van der Waals surface area contributed by atoms with Crippen molar-refractivity contribution in [3.63, 3.8) is 0 Å². The highest BCUT2D eigenvalue weighted by atomic mass is 35.5. The number of anilines is 1. The van der Waals surface area contributed by atoms with Crippen molar-refractivity contribution >= 4 is 35.3 Å². The van der Waals surface area contributed by atoms with Crippen LogP contribution in [0.2, 0.25) is 5.02 Å². The van der Waals surface area contributed by atoms with E-state index in [9.17, 15) is 4.79 Å². The van der Waals surface area contributed by atoms with Crippen molar-refractivity contribution in [1.82, 2.24) is 14.8 Å². The maximum atomic E-state index is 13.0. The summed E-state index contributed by atoms with van der Waals surface area (Å²) in [5.74, 6) is 1.50. The molecule has 1 unspecified atom stereocenters. The third-order valence-electron chi connectivity index (χ3n) is 5.32.